The highest BCUT2D eigenvalue weighted by Gasteiger charge is 2.14. The van der Waals surface area contributed by atoms with Crippen molar-refractivity contribution in [3.63, 3.8) is 0 Å². The molecule has 0 saturated carbocycles. The Balaban J connectivity index is 2.17. The summed E-state index contributed by atoms with van der Waals surface area (Å²) in [6, 6.07) is 11.1. The van der Waals surface area contributed by atoms with Crippen molar-refractivity contribution in [1.82, 2.24) is 5.32 Å². The molecular formula is C16H17FN2O. The van der Waals surface area contributed by atoms with E-state index in [-0.39, 0.29) is 17.8 Å². The molecule has 2 aromatic rings. The minimum atomic E-state index is -0.316. The predicted molar refractivity (Wildman–Crippen MR) is 77.9 cm³/mol. The van der Waals surface area contributed by atoms with E-state index in [1.54, 1.807) is 37.3 Å². The molecule has 0 radical (unpaired) electrons. The van der Waals surface area contributed by atoms with Gasteiger partial charge in [0.2, 0.25) is 0 Å². The summed E-state index contributed by atoms with van der Waals surface area (Å²) >= 11 is 0. The number of amides is 1. The molecule has 1 amide bonds. The lowest BCUT2D eigenvalue weighted by atomic mass is 10.0. The van der Waals surface area contributed by atoms with Gasteiger partial charge in [-0.25, -0.2) is 4.39 Å². The van der Waals surface area contributed by atoms with Gasteiger partial charge in [-0.1, -0.05) is 18.2 Å². The number of halogens is 1. The van der Waals surface area contributed by atoms with Gasteiger partial charge in [0, 0.05) is 11.3 Å². The third kappa shape index (κ3) is 2.96. The monoisotopic (exact) mass is 272 g/mol. The van der Waals surface area contributed by atoms with Crippen molar-refractivity contribution in [1.29, 1.82) is 0 Å². The smallest absolute Gasteiger partial charge is 0.252 e. The Kier molecular flexibility index (Phi) is 4.03. The highest BCUT2D eigenvalue weighted by atomic mass is 19.1. The van der Waals surface area contributed by atoms with Gasteiger partial charge in [-0.15, -0.1) is 0 Å². The highest BCUT2D eigenvalue weighted by Crippen LogP contribution is 2.18. The van der Waals surface area contributed by atoms with Crippen LogP contribution in [-0.4, -0.2) is 5.91 Å². The van der Waals surface area contributed by atoms with Gasteiger partial charge in [-0.3, -0.25) is 4.79 Å². The summed E-state index contributed by atoms with van der Waals surface area (Å²) in [5.41, 5.74) is 8.37. The van der Waals surface area contributed by atoms with Gasteiger partial charge in [0.25, 0.3) is 5.91 Å². The van der Waals surface area contributed by atoms with E-state index in [0.29, 0.717) is 11.3 Å². The Morgan fingerprint density at radius 1 is 1.25 bits per heavy atom. The zero-order chi connectivity index (χ0) is 14.7. The second-order valence-corrected chi connectivity index (χ2v) is 4.77. The molecule has 4 heteroatoms. The van der Waals surface area contributed by atoms with Gasteiger partial charge in [-0.05, 0) is 49.2 Å². The van der Waals surface area contributed by atoms with Crippen molar-refractivity contribution >= 4 is 11.6 Å². The Labute approximate surface area is 117 Å². The van der Waals surface area contributed by atoms with Crippen molar-refractivity contribution in [3.8, 4) is 0 Å². The summed E-state index contributed by atoms with van der Waals surface area (Å²) in [6.45, 7) is 3.62. The maximum absolute atomic E-state index is 13.2. The molecule has 0 aliphatic heterocycles. The van der Waals surface area contributed by atoms with Crippen molar-refractivity contribution in [2.24, 2.45) is 0 Å². The number of benzene rings is 2. The van der Waals surface area contributed by atoms with Gasteiger partial charge >= 0.3 is 0 Å². The van der Waals surface area contributed by atoms with Crippen LogP contribution < -0.4 is 11.1 Å². The minimum absolute atomic E-state index is 0.216. The van der Waals surface area contributed by atoms with Gasteiger partial charge in [0.05, 0.1) is 6.04 Å². The minimum Gasteiger partial charge on any atom is -0.398 e. The van der Waals surface area contributed by atoms with Crippen molar-refractivity contribution in [2.45, 2.75) is 19.9 Å². The number of rotatable bonds is 3. The quantitative estimate of drug-likeness (QED) is 0.843. The van der Waals surface area contributed by atoms with E-state index in [4.69, 9.17) is 5.73 Å². The van der Waals surface area contributed by atoms with Crippen LogP contribution in [0.4, 0.5) is 10.1 Å². The Hall–Kier alpha value is -2.36. The third-order valence-corrected chi connectivity index (χ3v) is 3.32. The molecule has 104 valence electrons. The first kappa shape index (κ1) is 14.1. The van der Waals surface area contributed by atoms with Crippen LogP contribution >= 0.6 is 0 Å². The first-order valence-corrected chi connectivity index (χ1v) is 6.40. The number of carbonyl (C=O) groups is 1. The van der Waals surface area contributed by atoms with Crippen LogP contribution in [-0.2, 0) is 0 Å². The lowest BCUT2D eigenvalue weighted by Gasteiger charge is -2.16. The van der Waals surface area contributed by atoms with Gasteiger partial charge in [0.15, 0.2) is 0 Å². The lowest BCUT2D eigenvalue weighted by molar-refractivity contribution is 0.0939. The van der Waals surface area contributed by atoms with E-state index in [9.17, 15) is 9.18 Å². The first-order valence-electron chi connectivity index (χ1n) is 6.40. The van der Waals surface area contributed by atoms with Crippen LogP contribution in [0.3, 0.4) is 0 Å². The number of hydrogen-bond donors (Lipinski definition) is 2. The number of carbonyl (C=O) groups excluding carboxylic acids is 1. The molecule has 3 nitrogen and oxygen atoms in total. The summed E-state index contributed by atoms with van der Waals surface area (Å²) < 4.78 is 13.2. The summed E-state index contributed by atoms with van der Waals surface area (Å²) in [4.78, 5) is 12.2. The second-order valence-electron chi connectivity index (χ2n) is 4.77. The zero-order valence-corrected chi connectivity index (χ0v) is 11.5. The molecule has 0 spiro atoms. The molecule has 0 unspecified atom stereocenters. The normalized spacial score (nSPS) is 11.9. The maximum Gasteiger partial charge on any atom is 0.252 e. The molecule has 0 fully saturated rings. The molecule has 3 N–H and O–H groups in total. The topological polar surface area (TPSA) is 55.1 Å². The van der Waals surface area contributed by atoms with Crippen LogP contribution in [0.25, 0.3) is 0 Å². The molecule has 20 heavy (non-hydrogen) atoms. The fourth-order valence-electron chi connectivity index (χ4n) is 2.03. The molecule has 0 heterocycles. The summed E-state index contributed by atoms with van der Waals surface area (Å²) in [5.74, 6) is -0.532. The molecule has 0 aliphatic carbocycles. The van der Waals surface area contributed by atoms with Gasteiger partial charge in [-0.2, -0.15) is 0 Å². The molecule has 0 aromatic heterocycles. The van der Waals surface area contributed by atoms with Crippen molar-refractivity contribution in [2.75, 3.05) is 5.73 Å². The average molecular weight is 272 g/mol. The Morgan fingerprint density at radius 3 is 2.65 bits per heavy atom. The molecule has 0 saturated heterocycles. The zero-order valence-electron chi connectivity index (χ0n) is 11.5. The summed E-state index contributed by atoms with van der Waals surface area (Å²) in [5, 5.41) is 2.85. The van der Waals surface area contributed by atoms with Crippen LogP contribution in [0, 0.1) is 12.7 Å². The molecule has 2 aromatic carbocycles. The Morgan fingerprint density at radius 2 is 1.95 bits per heavy atom. The van der Waals surface area contributed by atoms with Gasteiger partial charge < -0.3 is 11.1 Å². The number of hydrogen-bond acceptors (Lipinski definition) is 2. The Bertz CT molecular complexity index is 640. The third-order valence-electron chi connectivity index (χ3n) is 3.32. The fourth-order valence-corrected chi connectivity index (χ4v) is 2.03. The molecular weight excluding hydrogens is 255 g/mol. The van der Waals surface area contributed by atoms with Crippen LogP contribution in [0.2, 0.25) is 0 Å². The number of nitrogens with two attached hydrogens (primary N) is 1. The predicted octanol–water partition coefficient (Wildman–Crippen LogP) is 3.21. The van der Waals surface area contributed by atoms with Crippen molar-refractivity contribution < 1.29 is 9.18 Å². The van der Waals surface area contributed by atoms with Crippen LogP contribution in [0.1, 0.15) is 34.5 Å². The van der Waals surface area contributed by atoms with Crippen LogP contribution in [0.15, 0.2) is 42.5 Å². The SMILES string of the molecule is Cc1c(N)cccc1C(=O)N[C@H](C)c1cccc(F)c1. The molecule has 0 aliphatic rings. The number of nitrogens with one attached hydrogen (secondary N) is 1. The molecule has 2 rings (SSSR count). The summed E-state index contributed by atoms with van der Waals surface area (Å²) in [6.07, 6.45) is 0. The number of anilines is 1. The van der Waals surface area contributed by atoms with E-state index in [1.165, 1.54) is 12.1 Å². The second kappa shape index (κ2) is 5.74. The van der Waals surface area contributed by atoms with E-state index < -0.39 is 0 Å². The van der Waals surface area contributed by atoms with E-state index in [2.05, 4.69) is 5.32 Å². The van der Waals surface area contributed by atoms with E-state index in [0.717, 1.165) is 11.1 Å². The lowest BCUT2D eigenvalue weighted by Crippen LogP contribution is -2.27. The standard InChI is InChI=1S/C16H17FN2O/c1-10-14(7-4-8-15(10)18)16(20)19-11(2)12-5-3-6-13(17)9-12/h3-9,11H,18H2,1-2H3,(H,19,20)/t11-/m1/s1. The van der Waals surface area contributed by atoms with Crippen molar-refractivity contribution in [3.05, 3.63) is 65.0 Å². The maximum atomic E-state index is 13.2. The highest BCUT2D eigenvalue weighted by molar-refractivity contribution is 5.97. The van der Waals surface area contributed by atoms with Gasteiger partial charge in [0.1, 0.15) is 5.82 Å². The first-order chi connectivity index (χ1) is 9.49. The van der Waals surface area contributed by atoms with Crippen LogP contribution in [0.5, 0.6) is 0 Å². The average Bonchev–Trinajstić information content (AvgIpc) is 2.41. The fraction of sp³-hybridized carbons (Fsp3) is 0.188. The largest absolute Gasteiger partial charge is 0.398 e. The van der Waals surface area contributed by atoms with E-state index >= 15 is 0 Å². The molecule has 1 atom stereocenters. The molecule has 0 bridgehead atoms. The van der Waals surface area contributed by atoms with E-state index in [1.807, 2.05) is 6.92 Å². The number of nitrogen functional groups attached to an aromatic ring is 1. The summed E-state index contributed by atoms with van der Waals surface area (Å²) in [7, 11) is 0.